The molecule has 0 fully saturated rings. The molecule has 7 nitrogen and oxygen atoms in total. The molecule has 0 saturated heterocycles. The lowest BCUT2D eigenvalue weighted by molar-refractivity contribution is -0.140. The van der Waals surface area contributed by atoms with Gasteiger partial charge in [0, 0.05) is 10.7 Å². The summed E-state index contributed by atoms with van der Waals surface area (Å²) in [5.41, 5.74) is 4.94. The van der Waals surface area contributed by atoms with Crippen molar-refractivity contribution in [2.45, 2.75) is 12.5 Å². The molecule has 8 heteroatoms. The van der Waals surface area contributed by atoms with Crippen LogP contribution in [0.2, 0.25) is 0 Å². The molecule has 18 heavy (non-hydrogen) atoms. The molecular weight excluding hydrogens is 306 g/mol. The molecule has 0 bridgehead atoms. The van der Waals surface area contributed by atoms with Crippen LogP contribution in [0.1, 0.15) is 16.9 Å². The van der Waals surface area contributed by atoms with Crippen LogP contribution in [0.4, 0.5) is 0 Å². The molecule has 0 aromatic carbocycles. The second kappa shape index (κ2) is 6.10. The van der Waals surface area contributed by atoms with Gasteiger partial charge in [-0.25, -0.2) is 9.78 Å². The number of carboxylic acids is 1. The number of aliphatic carboxylic acids is 1. The lowest BCUT2D eigenvalue weighted by Crippen LogP contribution is -2.43. The molecular formula is C10H10BrN3O4. The first-order valence-corrected chi connectivity index (χ1v) is 5.63. The van der Waals surface area contributed by atoms with Crippen molar-refractivity contribution < 1.29 is 19.5 Å². The summed E-state index contributed by atoms with van der Waals surface area (Å²) in [5.74, 6) is -2.83. The Labute approximate surface area is 111 Å². The standard InChI is InChI=1S/C10H10BrN3O4/c11-5-1-2-6(13-4-5)9(16)14-7(10(17)18)3-8(12)15/h1-2,4,7H,3H2,(H2,12,15)(H,14,16)(H,17,18). The Morgan fingerprint density at radius 3 is 2.56 bits per heavy atom. The summed E-state index contributed by atoms with van der Waals surface area (Å²) in [6, 6.07) is 1.65. The fourth-order valence-corrected chi connectivity index (χ4v) is 1.38. The summed E-state index contributed by atoms with van der Waals surface area (Å²) in [7, 11) is 0. The minimum atomic E-state index is -1.36. The van der Waals surface area contributed by atoms with Crippen LogP contribution in [-0.4, -0.2) is 33.9 Å². The number of hydrogen-bond acceptors (Lipinski definition) is 4. The van der Waals surface area contributed by atoms with Gasteiger partial charge in [0.1, 0.15) is 11.7 Å². The molecule has 1 heterocycles. The Morgan fingerprint density at radius 1 is 1.44 bits per heavy atom. The van der Waals surface area contributed by atoms with E-state index in [1.54, 1.807) is 6.07 Å². The van der Waals surface area contributed by atoms with Crippen molar-refractivity contribution in [3.8, 4) is 0 Å². The molecule has 1 rings (SSSR count). The van der Waals surface area contributed by atoms with Crippen LogP contribution in [0.3, 0.4) is 0 Å². The molecule has 1 unspecified atom stereocenters. The van der Waals surface area contributed by atoms with Gasteiger partial charge in [0.05, 0.1) is 6.42 Å². The first-order valence-electron chi connectivity index (χ1n) is 4.83. The molecule has 4 N–H and O–H groups in total. The molecule has 1 aromatic heterocycles. The quantitative estimate of drug-likeness (QED) is 0.700. The zero-order chi connectivity index (χ0) is 13.7. The summed E-state index contributed by atoms with van der Waals surface area (Å²) in [4.78, 5) is 36.9. The molecule has 0 aliphatic heterocycles. The minimum Gasteiger partial charge on any atom is -0.480 e. The van der Waals surface area contributed by atoms with E-state index in [4.69, 9.17) is 10.8 Å². The molecule has 0 spiro atoms. The van der Waals surface area contributed by atoms with E-state index in [1.165, 1.54) is 12.3 Å². The highest BCUT2D eigenvalue weighted by Gasteiger charge is 2.23. The molecule has 0 saturated carbocycles. The highest BCUT2D eigenvalue weighted by molar-refractivity contribution is 9.10. The smallest absolute Gasteiger partial charge is 0.326 e. The number of amides is 2. The summed E-state index contributed by atoms with van der Waals surface area (Å²) < 4.78 is 0.686. The third-order valence-electron chi connectivity index (χ3n) is 1.97. The van der Waals surface area contributed by atoms with Gasteiger partial charge in [0.2, 0.25) is 5.91 Å². The van der Waals surface area contributed by atoms with Crippen molar-refractivity contribution in [3.05, 3.63) is 28.5 Å². The van der Waals surface area contributed by atoms with Crippen molar-refractivity contribution in [2.24, 2.45) is 5.73 Å². The lowest BCUT2D eigenvalue weighted by Gasteiger charge is -2.12. The van der Waals surface area contributed by atoms with Gasteiger partial charge >= 0.3 is 5.97 Å². The first kappa shape index (κ1) is 14.1. The molecule has 0 aliphatic carbocycles. The lowest BCUT2D eigenvalue weighted by atomic mass is 10.2. The van der Waals surface area contributed by atoms with Gasteiger partial charge in [-0.3, -0.25) is 9.59 Å². The van der Waals surface area contributed by atoms with E-state index in [9.17, 15) is 14.4 Å². The number of pyridine rings is 1. The Hall–Kier alpha value is -1.96. The minimum absolute atomic E-state index is 0.0499. The van der Waals surface area contributed by atoms with E-state index in [0.29, 0.717) is 4.47 Å². The van der Waals surface area contributed by atoms with Crippen LogP contribution in [0.25, 0.3) is 0 Å². The summed E-state index contributed by atoms with van der Waals surface area (Å²) in [6.07, 6.45) is 0.927. The van der Waals surface area contributed by atoms with Crippen LogP contribution >= 0.6 is 15.9 Å². The second-order valence-electron chi connectivity index (χ2n) is 3.40. The van der Waals surface area contributed by atoms with E-state index in [-0.39, 0.29) is 5.69 Å². The molecule has 96 valence electrons. The highest BCUT2D eigenvalue weighted by atomic mass is 79.9. The van der Waals surface area contributed by atoms with Crippen molar-refractivity contribution in [3.63, 3.8) is 0 Å². The summed E-state index contributed by atoms with van der Waals surface area (Å²) in [5, 5.41) is 11.0. The maximum absolute atomic E-state index is 11.6. The van der Waals surface area contributed by atoms with Crippen molar-refractivity contribution in [1.82, 2.24) is 10.3 Å². The molecule has 1 atom stereocenters. The van der Waals surface area contributed by atoms with E-state index >= 15 is 0 Å². The van der Waals surface area contributed by atoms with Gasteiger partial charge in [0.15, 0.2) is 0 Å². The predicted molar refractivity (Wildman–Crippen MR) is 64.6 cm³/mol. The number of halogens is 1. The number of aromatic nitrogens is 1. The zero-order valence-electron chi connectivity index (χ0n) is 9.09. The number of rotatable bonds is 5. The van der Waals surface area contributed by atoms with Crippen LogP contribution in [0.15, 0.2) is 22.8 Å². The van der Waals surface area contributed by atoms with Gasteiger partial charge in [-0.05, 0) is 28.1 Å². The number of carbonyl (C=O) groups is 3. The number of carboxylic acid groups (broad SMARTS) is 1. The summed E-state index contributed by atoms with van der Waals surface area (Å²) >= 11 is 3.15. The average Bonchev–Trinajstić information content (AvgIpc) is 2.28. The SMILES string of the molecule is NC(=O)CC(NC(=O)c1ccc(Br)cn1)C(=O)O. The van der Waals surface area contributed by atoms with E-state index in [0.717, 1.165) is 0 Å². The Morgan fingerprint density at radius 2 is 2.11 bits per heavy atom. The topological polar surface area (TPSA) is 122 Å². The molecule has 2 amide bonds. The van der Waals surface area contributed by atoms with Crippen LogP contribution in [-0.2, 0) is 9.59 Å². The fraction of sp³-hybridized carbons (Fsp3) is 0.200. The Kier molecular flexibility index (Phi) is 4.78. The average molecular weight is 316 g/mol. The van der Waals surface area contributed by atoms with Crippen molar-refractivity contribution >= 4 is 33.7 Å². The number of carbonyl (C=O) groups excluding carboxylic acids is 2. The number of primary amides is 1. The summed E-state index contributed by atoms with van der Waals surface area (Å²) in [6.45, 7) is 0. The maximum Gasteiger partial charge on any atom is 0.326 e. The van der Waals surface area contributed by atoms with Gasteiger partial charge in [-0.15, -0.1) is 0 Å². The number of nitrogens with zero attached hydrogens (tertiary/aromatic N) is 1. The number of nitrogens with two attached hydrogens (primary N) is 1. The third-order valence-corrected chi connectivity index (χ3v) is 2.44. The van der Waals surface area contributed by atoms with Gasteiger partial charge in [-0.2, -0.15) is 0 Å². The predicted octanol–water partition coefficient (Wildman–Crippen LogP) is -0.0975. The van der Waals surface area contributed by atoms with Crippen molar-refractivity contribution in [1.29, 1.82) is 0 Å². The van der Waals surface area contributed by atoms with E-state index in [1.807, 2.05) is 0 Å². The normalized spacial score (nSPS) is 11.6. The Balaban J connectivity index is 2.75. The monoisotopic (exact) mass is 315 g/mol. The number of hydrogen-bond donors (Lipinski definition) is 3. The molecule has 0 radical (unpaired) electrons. The van der Waals surface area contributed by atoms with Crippen molar-refractivity contribution in [2.75, 3.05) is 0 Å². The van der Waals surface area contributed by atoms with Crippen LogP contribution < -0.4 is 11.1 Å². The van der Waals surface area contributed by atoms with E-state index < -0.39 is 30.2 Å². The largest absolute Gasteiger partial charge is 0.480 e. The third kappa shape index (κ3) is 4.13. The zero-order valence-corrected chi connectivity index (χ0v) is 10.7. The van der Waals surface area contributed by atoms with Gasteiger partial charge < -0.3 is 16.2 Å². The highest BCUT2D eigenvalue weighted by Crippen LogP contribution is 2.07. The molecule has 1 aromatic rings. The first-order chi connectivity index (χ1) is 8.40. The molecule has 0 aliphatic rings. The van der Waals surface area contributed by atoms with Gasteiger partial charge in [-0.1, -0.05) is 0 Å². The second-order valence-corrected chi connectivity index (χ2v) is 4.31. The van der Waals surface area contributed by atoms with E-state index in [2.05, 4.69) is 26.2 Å². The van der Waals surface area contributed by atoms with Crippen LogP contribution in [0, 0.1) is 0 Å². The Bertz CT molecular complexity index is 475. The van der Waals surface area contributed by atoms with Gasteiger partial charge in [0.25, 0.3) is 5.91 Å². The maximum atomic E-state index is 11.6. The number of nitrogens with one attached hydrogen (secondary N) is 1. The van der Waals surface area contributed by atoms with Crippen LogP contribution in [0.5, 0.6) is 0 Å². The fourth-order valence-electron chi connectivity index (χ4n) is 1.14.